The van der Waals surface area contributed by atoms with Crippen LogP contribution in [0.1, 0.15) is 33.3 Å². The Morgan fingerprint density at radius 1 is 1.15 bits per heavy atom. The number of ether oxygens (including phenoxy) is 2. The number of rotatable bonds is 6. The lowest BCUT2D eigenvalue weighted by molar-refractivity contribution is -0.133. The highest BCUT2D eigenvalue weighted by molar-refractivity contribution is 5.91. The van der Waals surface area contributed by atoms with E-state index in [-0.39, 0.29) is 6.61 Å². The van der Waals surface area contributed by atoms with E-state index in [0.717, 1.165) is 5.56 Å². The predicted octanol–water partition coefficient (Wildman–Crippen LogP) is 2.79. The highest BCUT2D eigenvalue weighted by atomic mass is 16.6. The van der Waals surface area contributed by atoms with Crippen LogP contribution in [-0.2, 0) is 20.9 Å². The zero-order valence-electron chi connectivity index (χ0n) is 15.2. The smallest absolute Gasteiger partial charge is 0.412 e. The van der Waals surface area contributed by atoms with Gasteiger partial charge in [0.15, 0.2) is 0 Å². The molecule has 8 heteroatoms. The minimum atomic E-state index is -1.36. The van der Waals surface area contributed by atoms with Gasteiger partial charge in [0.2, 0.25) is 0 Å². The summed E-state index contributed by atoms with van der Waals surface area (Å²) in [5.41, 5.74) is -0.350. The monoisotopic (exact) mass is 364 g/mol. The molecule has 0 radical (unpaired) electrons. The van der Waals surface area contributed by atoms with Crippen LogP contribution >= 0.6 is 0 Å². The molecule has 142 valence electrons. The molecule has 8 nitrogen and oxygen atoms in total. The molecule has 0 spiro atoms. The fourth-order valence-electron chi connectivity index (χ4n) is 1.82. The van der Waals surface area contributed by atoms with Gasteiger partial charge in [0.05, 0.1) is 6.04 Å². The third kappa shape index (κ3) is 8.72. The molecule has 0 bridgehead atoms. The maximum Gasteiger partial charge on any atom is 0.412 e. The van der Waals surface area contributed by atoms with Gasteiger partial charge in [0.1, 0.15) is 17.9 Å². The van der Waals surface area contributed by atoms with Crippen molar-refractivity contribution in [1.82, 2.24) is 10.6 Å². The van der Waals surface area contributed by atoms with Crippen molar-refractivity contribution in [3.63, 3.8) is 0 Å². The number of hydrogen-bond donors (Lipinski definition) is 3. The highest BCUT2D eigenvalue weighted by Crippen LogP contribution is 2.07. The molecule has 1 aromatic carbocycles. The Balaban J connectivity index is 2.58. The molecule has 26 heavy (non-hydrogen) atoms. The second-order valence-electron chi connectivity index (χ2n) is 6.51. The number of carboxylic acid groups (broad SMARTS) is 1. The third-order valence-corrected chi connectivity index (χ3v) is 2.84. The van der Waals surface area contributed by atoms with Crippen LogP contribution in [0.4, 0.5) is 9.59 Å². The van der Waals surface area contributed by atoms with Gasteiger partial charge < -0.3 is 19.9 Å². The topological polar surface area (TPSA) is 114 Å². The van der Waals surface area contributed by atoms with Crippen LogP contribution in [0.2, 0.25) is 0 Å². The summed E-state index contributed by atoms with van der Waals surface area (Å²) >= 11 is 0. The van der Waals surface area contributed by atoms with E-state index in [1.54, 1.807) is 27.7 Å². The molecule has 0 aromatic heterocycles. The minimum Gasteiger partial charge on any atom is -0.477 e. The van der Waals surface area contributed by atoms with E-state index >= 15 is 0 Å². The molecule has 0 unspecified atom stereocenters. The van der Waals surface area contributed by atoms with Gasteiger partial charge in [0, 0.05) is 0 Å². The predicted molar refractivity (Wildman–Crippen MR) is 94.3 cm³/mol. The van der Waals surface area contributed by atoms with Gasteiger partial charge in [-0.3, -0.25) is 5.32 Å². The number of hydrogen-bond acceptors (Lipinski definition) is 5. The molecule has 0 saturated carbocycles. The van der Waals surface area contributed by atoms with Crippen LogP contribution in [0.25, 0.3) is 0 Å². The highest BCUT2D eigenvalue weighted by Gasteiger charge is 2.20. The number of carbonyl (C=O) groups excluding carboxylic acids is 2. The van der Waals surface area contributed by atoms with Crippen LogP contribution in [0.5, 0.6) is 0 Å². The van der Waals surface area contributed by atoms with E-state index in [4.69, 9.17) is 9.47 Å². The minimum absolute atomic E-state index is 0.0883. The van der Waals surface area contributed by atoms with Crippen molar-refractivity contribution < 1.29 is 29.0 Å². The number of carboxylic acids is 1. The molecule has 0 saturated heterocycles. The molecule has 1 atom stereocenters. The van der Waals surface area contributed by atoms with Crippen molar-refractivity contribution in [1.29, 1.82) is 0 Å². The fraction of sp³-hybridized carbons (Fsp3) is 0.389. The average Bonchev–Trinajstić information content (AvgIpc) is 2.51. The van der Waals surface area contributed by atoms with Gasteiger partial charge in [-0.1, -0.05) is 30.3 Å². The molecule has 0 aliphatic rings. The first-order valence-corrected chi connectivity index (χ1v) is 7.99. The number of benzene rings is 1. The SMILES string of the molecule is C[C@@H](/C=C(\NC(=O)OC(C)(C)C)C(=O)O)NC(=O)OCc1ccccc1. The largest absolute Gasteiger partial charge is 0.477 e. The van der Waals surface area contributed by atoms with Gasteiger partial charge in [-0.2, -0.15) is 0 Å². The number of carbonyl (C=O) groups is 3. The zero-order valence-corrected chi connectivity index (χ0v) is 15.2. The summed E-state index contributed by atoms with van der Waals surface area (Å²) in [6.45, 7) is 6.60. The first-order chi connectivity index (χ1) is 12.1. The third-order valence-electron chi connectivity index (χ3n) is 2.84. The Morgan fingerprint density at radius 2 is 1.77 bits per heavy atom. The number of aliphatic carboxylic acids is 1. The molecule has 0 fully saturated rings. The van der Waals surface area contributed by atoms with Crippen LogP contribution in [0.15, 0.2) is 42.1 Å². The molecule has 0 heterocycles. The first kappa shape index (κ1) is 21.0. The summed E-state index contributed by atoms with van der Waals surface area (Å²) in [5, 5.41) is 13.8. The van der Waals surface area contributed by atoms with Gasteiger partial charge in [-0.15, -0.1) is 0 Å². The van der Waals surface area contributed by atoms with Gasteiger partial charge >= 0.3 is 18.2 Å². The van der Waals surface area contributed by atoms with E-state index in [1.807, 2.05) is 30.3 Å². The summed E-state index contributed by atoms with van der Waals surface area (Å²) in [5.74, 6) is -1.36. The quantitative estimate of drug-likeness (QED) is 0.669. The maximum atomic E-state index is 11.8. The Morgan fingerprint density at radius 3 is 2.31 bits per heavy atom. The average molecular weight is 364 g/mol. The molecule has 0 aliphatic heterocycles. The summed E-state index contributed by atoms with van der Waals surface area (Å²) in [7, 11) is 0. The van der Waals surface area contributed by atoms with E-state index in [2.05, 4.69) is 10.6 Å². The second kappa shape index (κ2) is 9.45. The van der Waals surface area contributed by atoms with Crippen molar-refractivity contribution in [3.8, 4) is 0 Å². The van der Waals surface area contributed by atoms with Crippen molar-refractivity contribution in [2.45, 2.75) is 45.9 Å². The van der Waals surface area contributed by atoms with Crippen molar-refractivity contribution >= 4 is 18.2 Å². The van der Waals surface area contributed by atoms with E-state index in [0.29, 0.717) is 0 Å². The number of alkyl carbamates (subject to hydrolysis) is 2. The Labute approximate surface area is 152 Å². The first-order valence-electron chi connectivity index (χ1n) is 7.99. The standard InChI is InChI=1S/C18H24N2O6/c1-12(19-16(23)25-11-13-8-6-5-7-9-13)10-14(15(21)22)20-17(24)26-18(2,3)4/h5-10,12H,11H2,1-4H3,(H,19,23)(H,20,24)(H,21,22)/b14-10-/t12-/m0/s1. The Bertz CT molecular complexity index is 664. The Kier molecular flexibility index (Phi) is 7.64. The summed E-state index contributed by atoms with van der Waals surface area (Å²) in [6.07, 6.45) is -0.430. The molecule has 1 aromatic rings. The fourth-order valence-corrected chi connectivity index (χ4v) is 1.82. The lowest BCUT2D eigenvalue weighted by atomic mass is 10.2. The van der Waals surface area contributed by atoms with Crippen molar-refractivity contribution in [3.05, 3.63) is 47.7 Å². The van der Waals surface area contributed by atoms with Crippen molar-refractivity contribution in [2.24, 2.45) is 0 Å². The summed E-state index contributed by atoms with van der Waals surface area (Å²) in [6, 6.07) is 8.42. The Hall–Kier alpha value is -3.03. The van der Waals surface area contributed by atoms with Gasteiger partial charge in [-0.05, 0) is 39.3 Å². The van der Waals surface area contributed by atoms with E-state index < -0.39 is 35.5 Å². The normalized spacial score (nSPS) is 12.7. The molecule has 2 amide bonds. The van der Waals surface area contributed by atoms with E-state index in [1.165, 1.54) is 6.08 Å². The summed E-state index contributed by atoms with van der Waals surface area (Å²) < 4.78 is 10.1. The number of nitrogens with one attached hydrogen (secondary N) is 2. The van der Waals surface area contributed by atoms with Crippen molar-refractivity contribution in [2.75, 3.05) is 0 Å². The molecule has 1 rings (SSSR count). The molecular formula is C18H24N2O6. The lowest BCUT2D eigenvalue weighted by Gasteiger charge is -2.20. The summed E-state index contributed by atoms with van der Waals surface area (Å²) in [4.78, 5) is 34.7. The zero-order chi connectivity index (χ0) is 19.7. The van der Waals surface area contributed by atoms with Crippen LogP contribution in [-0.4, -0.2) is 34.9 Å². The van der Waals surface area contributed by atoms with Crippen LogP contribution in [0.3, 0.4) is 0 Å². The van der Waals surface area contributed by atoms with E-state index in [9.17, 15) is 19.5 Å². The van der Waals surface area contributed by atoms with Gasteiger partial charge in [-0.25, -0.2) is 14.4 Å². The molecular weight excluding hydrogens is 340 g/mol. The maximum absolute atomic E-state index is 11.8. The molecule has 0 aliphatic carbocycles. The van der Waals surface area contributed by atoms with Gasteiger partial charge in [0.25, 0.3) is 0 Å². The second-order valence-corrected chi connectivity index (χ2v) is 6.51. The number of amides is 2. The molecule has 3 N–H and O–H groups in total. The van der Waals surface area contributed by atoms with Crippen LogP contribution in [0, 0.1) is 0 Å². The van der Waals surface area contributed by atoms with Crippen LogP contribution < -0.4 is 10.6 Å². The lowest BCUT2D eigenvalue weighted by Crippen LogP contribution is -2.37.